The van der Waals surface area contributed by atoms with E-state index in [-0.39, 0.29) is 0 Å². The number of ether oxygens (including phenoxy) is 2. The first-order chi connectivity index (χ1) is 11.3. The van der Waals surface area contributed by atoms with Crippen molar-refractivity contribution in [1.82, 2.24) is 4.98 Å². The molecule has 0 amide bonds. The first kappa shape index (κ1) is 15.1. The Bertz CT molecular complexity index is 680. The zero-order valence-corrected chi connectivity index (χ0v) is 13.1. The van der Waals surface area contributed by atoms with Crippen LogP contribution in [0.1, 0.15) is 16.7 Å². The highest BCUT2D eigenvalue weighted by Crippen LogP contribution is 2.19. The Kier molecular flexibility index (Phi) is 4.89. The molecule has 0 unspecified atom stereocenters. The van der Waals surface area contributed by atoms with Gasteiger partial charge in [-0.2, -0.15) is 4.98 Å². The summed E-state index contributed by atoms with van der Waals surface area (Å²) >= 11 is 0. The lowest BCUT2D eigenvalue weighted by atomic mass is 10.2. The summed E-state index contributed by atoms with van der Waals surface area (Å²) in [4.78, 5) is 4.42. The first-order valence-corrected chi connectivity index (χ1v) is 7.62. The number of rotatable bonds is 6. The average Bonchev–Trinajstić information content (AvgIpc) is 2.60. The van der Waals surface area contributed by atoms with Crippen LogP contribution in [-0.2, 0) is 13.2 Å². The van der Waals surface area contributed by atoms with Gasteiger partial charge in [-0.25, -0.2) is 0 Å². The number of aryl methyl sites for hydroxylation is 1. The summed E-state index contributed by atoms with van der Waals surface area (Å²) in [6.07, 6.45) is 0. The van der Waals surface area contributed by atoms with Crippen LogP contribution in [0, 0.1) is 6.92 Å². The van der Waals surface area contributed by atoms with Gasteiger partial charge in [0.25, 0.3) is 0 Å². The fraction of sp³-hybridized carbons (Fsp3) is 0.150. The molecule has 0 fully saturated rings. The molecule has 0 bridgehead atoms. The van der Waals surface area contributed by atoms with E-state index in [9.17, 15) is 0 Å². The topological polar surface area (TPSA) is 31.4 Å². The number of pyridine rings is 1. The van der Waals surface area contributed by atoms with Gasteiger partial charge in [-0.1, -0.05) is 60.7 Å². The summed E-state index contributed by atoms with van der Waals surface area (Å²) in [5, 5.41) is 0. The van der Waals surface area contributed by atoms with Crippen LogP contribution in [0.25, 0.3) is 0 Å². The molecule has 0 radical (unpaired) electrons. The van der Waals surface area contributed by atoms with Gasteiger partial charge >= 0.3 is 0 Å². The minimum Gasteiger partial charge on any atom is -0.473 e. The lowest BCUT2D eigenvalue weighted by Crippen LogP contribution is -2.01. The summed E-state index contributed by atoms with van der Waals surface area (Å²) in [7, 11) is 0. The molecule has 2 aromatic carbocycles. The van der Waals surface area contributed by atoms with Crippen molar-refractivity contribution in [1.29, 1.82) is 0 Å². The Hall–Kier alpha value is -2.81. The second kappa shape index (κ2) is 7.45. The molecule has 0 saturated carbocycles. The van der Waals surface area contributed by atoms with Gasteiger partial charge in [-0.05, 0) is 23.6 Å². The maximum atomic E-state index is 5.77. The van der Waals surface area contributed by atoms with Crippen molar-refractivity contribution in [3.8, 4) is 11.8 Å². The van der Waals surface area contributed by atoms with Crippen molar-refractivity contribution < 1.29 is 9.47 Å². The first-order valence-electron chi connectivity index (χ1n) is 7.62. The van der Waals surface area contributed by atoms with Crippen molar-refractivity contribution in [3.05, 3.63) is 89.5 Å². The van der Waals surface area contributed by atoms with E-state index in [1.165, 1.54) is 0 Å². The van der Waals surface area contributed by atoms with E-state index >= 15 is 0 Å². The largest absolute Gasteiger partial charge is 0.473 e. The predicted octanol–water partition coefficient (Wildman–Crippen LogP) is 4.55. The highest BCUT2D eigenvalue weighted by Gasteiger charge is 2.04. The van der Waals surface area contributed by atoms with Crippen LogP contribution in [0.15, 0.2) is 72.8 Å². The van der Waals surface area contributed by atoms with Crippen molar-refractivity contribution in [2.24, 2.45) is 0 Å². The summed E-state index contributed by atoms with van der Waals surface area (Å²) in [5.74, 6) is 1.16. The molecule has 116 valence electrons. The van der Waals surface area contributed by atoms with Crippen molar-refractivity contribution >= 4 is 0 Å². The van der Waals surface area contributed by atoms with Crippen LogP contribution in [0.3, 0.4) is 0 Å². The third-order valence-corrected chi connectivity index (χ3v) is 3.38. The normalized spacial score (nSPS) is 10.3. The second-order valence-corrected chi connectivity index (χ2v) is 5.37. The number of hydrogen-bond donors (Lipinski definition) is 0. The van der Waals surface area contributed by atoms with E-state index in [4.69, 9.17) is 9.47 Å². The minimum atomic E-state index is 0.495. The van der Waals surface area contributed by atoms with Gasteiger partial charge in [-0.15, -0.1) is 0 Å². The number of aromatic nitrogens is 1. The van der Waals surface area contributed by atoms with E-state index in [0.717, 1.165) is 16.7 Å². The number of nitrogens with zero attached hydrogens (tertiary/aromatic N) is 1. The van der Waals surface area contributed by atoms with E-state index in [1.807, 2.05) is 79.7 Å². The van der Waals surface area contributed by atoms with Gasteiger partial charge in [0.15, 0.2) is 0 Å². The Morgan fingerprint density at radius 1 is 0.696 bits per heavy atom. The van der Waals surface area contributed by atoms with Gasteiger partial charge in [0.1, 0.15) is 13.2 Å². The van der Waals surface area contributed by atoms with Crippen LogP contribution >= 0.6 is 0 Å². The van der Waals surface area contributed by atoms with Crippen LogP contribution in [0.2, 0.25) is 0 Å². The summed E-state index contributed by atoms with van der Waals surface area (Å²) in [6, 6.07) is 23.9. The molecule has 0 spiro atoms. The Morgan fingerprint density at radius 3 is 1.57 bits per heavy atom. The fourth-order valence-corrected chi connectivity index (χ4v) is 2.22. The maximum Gasteiger partial charge on any atom is 0.217 e. The van der Waals surface area contributed by atoms with Gasteiger partial charge in [0, 0.05) is 12.1 Å². The highest BCUT2D eigenvalue weighted by molar-refractivity contribution is 5.28. The third-order valence-electron chi connectivity index (χ3n) is 3.38. The molecular weight excluding hydrogens is 286 g/mol. The SMILES string of the molecule is Cc1cc(OCc2ccccc2)nc(OCc2ccccc2)c1. The van der Waals surface area contributed by atoms with E-state index in [2.05, 4.69) is 4.98 Å². The smallest absolute Gasteiger partial charge is 0.217 e. The van der Waals surface area contributed by atoms with Crippen molar-refractivity contribution in [2.75, 3.05) is 0 Å². The molecule has 0 aliphatic carbocycles. The molecule has 23 heavy (non-hydrogen) atoms. The molecule has 0 atom stereocenters. The fourth-order valence-electron chi connectivity index (χ4n) is 2.22. The molecule has 3 aromatic rings. The molecule has 3 heteroatoms. The van der Waals surface area contributed by atoms with Crippen LogP contribution < -0.4 is 9.47 Å². The molecule has 0 N–H and O–H groups in total. The van der Waals surface area contributed by atoms with Gasteiger partial charge in [-0.3, -0.25) is 0 Å². The summed E-state index contributed by atoms with van der Waals surface area (Å²) in [6.45, 7) is 3.00. The zero-order valence-electron chi connectivity index (χ0n) is 13.1. The molecule has 1 heterocycles. The van der Waals surface area contributed by atoms with E-state index < -0.39 is 0 Å². The van der Waals surface area contributed by atoms with Crippen LogP contribution in [0.4, 0.5) is 0 Å². The predicted molar refractivity (Wildman–Crippen MR) is 90.5 cm³/mol. The van der Waals surface area contributed by atoms with E-state index in [1.54, 1.807) is 0 Å². The quantitative estimate of drug-likeness (QED) is 0.669. The molecular formula is C20H19NO2. The highest BCUT2D eigenvalue weighted by atomic mass is 16.5. The molecule has 3 nitrogen and oxygen atoms in total. The Labute approximate surface area is 136 Å². The Morgan fingerprint density at radius 2 is 1.13 bits per heavy atom. The third kappa shape index (κ3) is 4.58. The molecule has 0 aliphatic heterocycles. The van der Waals surface area contributed by atoms with Gasteiger partial charge < -0.3 is 9.47 Å². The summed E-state index contributed by atoms with van der Waals surface area (Å²) < 4.78 is 11.5. The number of benzene rings is 2. The monoisotopic (exact) mass is 305 g/mol. The molecule has 0 aliphatic rings. The maximum absolute atomic E-state index is 5.77. The van der Waals surface area contributed by atoms with Gasteiger partial charge in [0.2, 0.25) is 11.8 Å². The van der Waals surface area contributed by atoms with E-state index in [0.29, 0.717) is 25.0 Å². The zero-order chi connectivity index (χ0) is 15.9. The average molecular weight is 305 g/mol. The summed E-state index contributed by atoms with van der Waals surface area (Å²) in [5.41, 5.74) is 3.29. The van der Waals surface area contributed by atoms with Crippen molar-refractivity contribution in [2.45, 2.75) is 20.1 Å². The van der Waals surface area contributed by atoms with Crippen LogP contribution in [0.5, 0.6) is 11.8 Å². The lowest BCUT2D eigenvalue weighted by molar-refractivity contribution is 0.267. The second-order valence-electron chi connectivity index (χ2n) is 5.37. The molecule has 1 aromatic heterocycles. The van der Waals surface area contributed by atoms with Crippen molar-refractivity contribution in [3.63, 3.8) is 0 Å². The standard InChI is InChI=1S/C20H19NO2/c1-16-12-19(22-14-17-8-4-2-5-9-17)21-20(13-16)23-15-18-10-6-3-7-11-18/h2-13H,14-15H2,1H3. The number of hydrogen-bond acceptors (Lipinski definition) is 3. The molecule has 0 saturated heterocycles. The minimum absolute atomic E-state index is 0.495. The van der Waals surface area contributed by atoms with Gasteiger partial charge in [0.05, 0.1) is 0 Å². The lowest BCUT2D eigenvalue weighted by Gasteiger charge is -2.10. The van der Waals surface area contributed by atoms with Crippen LogP contribution in [-0.4, -0.2) is 4.98 Å². The molecule has 3 rings (SSSR count). The Balaban J connectivity index is 1.64.